The van der Waals surface area contributed by atoms with Crippen molar-refractivity contribution in [1.82, 2.24) is 0 Å². The van der Waals surface area contributed by atoms with E-state index in [2.05, 4.69) is 22.6 Å². The van der Waals surface area contributed by atoms with Crippen molar-refractivity contribution in [3.63, 3.8) is 0 Å². The third kappa shape index (κ3) is 1.27. The Labute approximate surface area is 66.8 Å². The lowest BCUT2D eigenvalue weighted by atomic mass is 10.3. The van der Waals surface area contributed by atoms with Gasteiger partial charge in [0, 0.05) is 3.57 Å². The molecule has 1 rings (SSSR count). The average molecular weight is 235 g/mol. The monoisotopic (exact) mass is 235 g/mol. The predicted molar refractivity (Wildman–Crippen MR) is 45.2 cm³/mol. The number of rotatable bonds is 0. The van der Waals surface area contributed by atoms with Gasteiger partial charge in [-0.05, 0) is 34.7 Å². The molecule has 0 aliphatic carbocycles. The highest BCUT2D eigenvalue weighted by molar-refractivity contribution is 14.1. The number of phenols is 1. The number of phenolic OH excluding ortho intramolecular Hbond substituents is 1. The first-order valence-electron chi connectivity index (χ1n) is 2.45. The minimum absolute atomic E-state index is 0.155. The van der Waals surface area contributed by atoms with Crippen molar-refractivity contribution in [3.8, 4) is 5.75 Å². The summed E-state index contributed by atoms with van der Waals surface area (Å²) in [5.41, 5.74) is 5.88. The second-order valence-electron chi connectivity index (χ2n) is 1.67. The van der Waals surface area contributed by atoms with Crippen LogP contribution in [0.3, 0.4) is 0 Å². The van der Waals surface area contributed by atoms with Crippen LogP contribution in [-0.4, -0.2) is 5.11 Å². The van der Waals surface area contributed by atoms with E-state index >= 15 is 0 Å². The molecule has 0 radical (unpaired) electrons. The van der Waals surface area contributed by atoms with Gasteiger partial charge in [-0.3, -0.25) is 0 Å². The van der Waals surface area contributed by atoms with Crippen molar-refractivity contribution in [2.75, 3.05) is 5.73 Å². The summed E-state index contributed by atoms with van der Waals surface area (Å²) < 4.78 is 0.882. The van der Waals surface area contributed by atoms with E-state index in [1.807, 2.05) is 6.07 Å². The Morgan fingerprint density at radius 1 is 1.44 bits per heavy atom. The summed E-state index contributed by atoms with van der Waals surface area (Å²) in [6, 6.07) is 5.17. The fourth-order valence-electron chi connectivity index (χ4n) is 0.526. The summed E-state index contributed by atoms with van der Waals surface area (Å²) in [6.45, 7) is 0. The normalized spacial score (nSPS) is 9.44. The molecule has 0 saturated heterocycles. The third-order valence-corrected chi connectivity index (χ3v) is 1.97. The minimum Gasteiger partial charge on any atom is -0.506 e. The zero-order chi connectivity index (χ0) is 6.85. The first kappa shape index (κ1) is 6.67. The van der Waals surface area contributed by atoms with E-state index in [4.69, 9.17) is 10.8 Å². The van der Waals surface area contributed by atoms with Gasteiger partial charge in [-0.15, -0.1) is 0 Å². The number of hydrogen-bond acceptors (Lipinski definition) is 2. The number of para-hydroxylation sites is 1. The van der Waals surface area contributed by atoms with Crippen LogP contribution < -0.4 is 5.73 Å². The zero-order valence-corrected chi connectivity index (χ0v) is 6.79. The molecule has 3 heteroatoms. The molecule has 3 N–H and O–H groups in total. The number of nitrogens with two attached hydrogens (primary N) is 1. The van der Waals surface area contributed by atoms with Crippen LogP contribution in [0.2, 0.25) is 0 Å². The van der Waals surface area contributed by atoms with Gasteiger partial charge in [-0.25, -0.2) is 0 Å². The molecule has 0 fully saturated rings. The van der Waals surface area contributed by atoms with E-state index < -0.39 is 0 Å². The van der Waals surface area contributed by atoms with Gasteiger partial charge in [-0.1, -0.05) is 6.07 Å². The molecule has 0 spiro atoms. The van der Waals surface area contributed by atoms with Crippen molar-refractivity contribution < 1.29 is 5.11 Å². The maximum atomic E-state index is 8.97. The Balaban J connectivity index is 3.25. The lowest BCUT2D eigenvalue weighted by Crippen LogP contribution is -1.87. The number of halogens is 1. The van der Waals surface area contributed by atoms with Crippen LogP contribution in [0.5, 0.6) is 5.75 Å². The standard InChI is InChI=1S/C6H6INO/c7-4-2-1-3-5(9)6(4)8/h1-3,9H,8H2. The molecule has 0 aromatic heterocycles. The van der Waals surface area contributed by atoms with Crippen LogP contribution in [-0.2, 0) is 0 Å². The van der Waals surface area contributed by atoms with E-state index in [-0.39, 0.29) is 5.75 Å². The van der Waals surface area contributed by atoms with Gasteiger partial charge in [0.25, 0.3) is 0 Å². The number of nitrogen functional groups attached to an aromatic ring is 1. The smallest absolute Gasteiger partial charge is 0.139 e. The molecular formula is C6H6INO. The summed E-state index contributed by atoms with van der Waals surface area (Å²) in [6.07, 6.45) is 0. The topological polar surface area (TPSA) is 46.2 Å². The Morgan fingerprint density at radius 3 is 2.56 bits per heavy atom. The molecule has 9 heavy (non-hydrogen) atoms. The Morgan fingerprint density at radius 2 is 2.11 bits per heavy atom. The molecular weight excluding hydrogens is 229 g/mol. The van der Waals surface area contributed by atoms with Gasteiger partial charge < -0.3 is 10.8 Å². The third-order valence-electron chi connectivity index (χ3n) is 1.03. The lowest BCUT2D eigenvalue weighted by molar-refractivity contribution is 0.477. The van der Waals surface area contributed by atoms with Crippen LogP contribution >= 0.6 is 22.6 Å². The maximum absolute atomic E-state index is 8.97. The summed E-state index contributed by atoms with van der Waals surface area (Å²) in [5, 5.41) is 8.97. The first-order chi connectivity index (χ1) is 4.22. The molecule has 1 aromatic rings. The van der Waals surface area contributed by atoms with Crippen molar-refractivity contribution in [3.05, 3.63) is 21.8 Å². The largest absolute Gasteiger partial charge is 0.506 e. The molecule has 0 amide bonds. The number of hydrogen-bond donors (Lipinski definition) is 2. The minimum atomic E-state index is 0.155. The Kier molecular flexibility index (Phi) is 1.80. The molecule has 0 saturated carbocycles. The number of benzene rings is 1. The van der Waals surface area contributed by atoms with Gasteiger partial charge in [0.05, 0.1) is 5.69 Å². The van der Waals surface area contributed by atoms with E-state index in [1.165, 1.54) is 0 Å². The quantitative estimate of drug-likeness (QED) is 0.407. The summed E-state index contributed by atoms with van der Waals surface area (Å²) in [5.74, 6) is 0.155. The zero-order valence-electron chi connectivity index (χ0n) is 4.63. The van der Waals surface area contributed by atoms with Crippen molar-refractivity contribution in [1.29, 1.82) is 0 Å². The second kappa shape index (κ2) is 2.43. The van der Waals surface area contributed by atoms with E-state index in [1.54, 1.807) is 12.1 Å². The van der Waals surface area contributed by atoms with Crippen LogP contribution in [0.4, 0.5) is 5.69 Å². The van der Waals surface area contributed by atoms with E-state index in [0.29, 0.717) is 5.69 Å². The van der Waals surface area contributed by atoms with Gasteiger partial charge in [0.15, 0.2) is 0 Å². The van der Waals surface area contributed by atoms with Gasteiger partial charge in [0.2, 0.25) is 0 Å². The van der Waals surface area contributed by atoms with Gasteiger partial charge in [0.1, 0.15) is 5.75 Å². The van der Waals surface area contributed by atoms with E-state index in [0.717, 1.165) is 3.57 Å². The molecule has 0 atom stereocenters. The molecule has 0 bridgehead atoms. The van der Waals surface area contributed by atoms with Crippen LogP contribution in [0, 0.1) is 3.57 Å². The SMILES string of the molecule is Nc1c(O)cccc1I. The summed E-state index contributed by atoms with van der Waals surface area (Å²) >= 11 is 2.06. The molecule has 2 nitrogen and oxygen atoms in total. The van der Waals surface area contributed by atoms with Crippen molar-refractivity contribution in [2.24, 2.45) is 0 Å². The summed E-state index contributed by atoms with van der Waals surface area (Å²) in [4.78, 5) is 0. The fraction of sp³-hybridized carbons (Fsp3) is 0. The van der Waals surface area contributed by atoms with Crippen molar-refractivity contribution in [2.45, 2.75) is 0 Å². The van der Waals surface area contributed by atoms with Crippen LogP contribution in [0.15, 0.2) is 18.2 Å². The van der Waals surface area contributed by atoms with Gasteiger partial charge in [-0.2, -0.15) is 0 Å². The lowest BCUT2D eigenvalue weighted by Gasteiger charge is -1.97. The average Bonchev–Trinajstić information content (AvgIpc) is 1.83. The highest BCUT2D eigenvalue weighted by Gasteiger charge is 1.97. The molecule has 48 valence electrons. The molecule has 1 aromatic carbocycles. The second-order valence-corrected chi connectivity index (χ2v) is 2.83. The first-order valence-corrected chi connectivity index (χ1v) is 3.52. The number of aromatic hydroxyl groups is 1. The fourth-order valence-corrected chi connectivity index (χ4v) is 1.01. The Bertz CT molecular complexity index is 204. The number of anilines is 1. The Hall–Kier alpha value is -0.450. The van der Waals surface area contributed by atoms with Gasteiger partial charge >= 0.3 is 0 Å². The summed E-state index contributed by atoms with van der Waals surface area (Å²) in [7, 11) is 0. The van der Waals surface area contributed by atoms with E-state index in [9.17, 15) is 0 Å². The van der Waals surface area contributed by atoms with Crippen molar-refractivity contribution >= 4 is 28.3 Å². The maximum Gasteiger partial charge on any atom is 0.139 e. The highest BCUT2D eigenvalue weighted by Crippen LogP contribution is 2.23. The van der Waals surface area contributed by atoms with Crippen LogP contribution in [0.25, 0.3) is 0 Å². The highest BCUT2D eigenvalue weighted by atomic mass is 127. The molecule has 0 heterocycles. The molecule has 0 unspecified atom stereocenters. The predicted octanol–water partition coefficient (Wildman–Crippen LogP) is 1.58. The molecule has 0 aliphatic heterocycles. The van der Waals surface area contributed by atoms with Crippen LogP contribution in [0.1, 0.15) is 0 Å². The molecule has 0 aliphatic rings.